The van der Waals surface area contributed by atoms with E-state index in [-0.39, 0.29) is 5.38 Å². The van der Waals surface area contributed by atoms with E-state index in [4.69, 9.17) is 22.4 Å². The van der Waals surface area contributed by atoms with Crippen LogP contribution in [0, 0.1) is 0 Å². The number of halogens is 2. The zero-order valence-corrected chi connectivity index (χ0v) is 9.75. The Balaban J connectivity index is 2.65. The Kier molecular flexibility index (Phi) is 4.16. The first-order valence-corrected chi connectivity index (χ1v) is 5.41. The fourth-order valence-corrected chi connectivity index (χ4v) is 2.18. The van der Waals surface area contributed by atoms with Gasteiger partial charge in [0.25, 0.3) is 0 Å². The van der Waals surface area contributed by atoms with Crippen LogP contribution in [0.2, 0.25) is 0 Å². The number of rotatable bonds is 3. The second kappa shape index (κ2) is 4.96. The van der Waals surface area contributed by atoms with E-state index >= 15 is 0 Å². The molecule has 0 aromatic carbocycles. The normalized spacial score (nSPS) is 23.8. The molecule has 1 unspecified atom stereocenters. The third-order valence-corrected chi connectivity index (χ3v) is 3.05. The van der Waals surface area contributed by atoms with E-state index in [0.717, 1.165) is 10.1 Å². The van der Waals surface area contributed by atoms with Crippen molar-refractivity contribution in [3.63, 3.8) is 0 Å². The van der Waals surface area contributed by atoms with Gasteiger partial charge >= 0.3 is 5.97 Å². The first-order valence-electron chi connectivity index (χ1n) is 4.18. The van der Waals surface area contributed by atoms with Gasteiger partial charge in [0.1, 0.15) is 6.04 Å². The van der Waals surface area contributed by atoms with Crippen molar-refractivity contribution >= 4 is 33.5 Å². The van der Waals surface area contributed by atoms with Gasteiger partial charge in [-0.3, -0.25) is 4.79 Å². The third kappa shape index (κ3) is 3.12. The van der Waals surface area contributed by atoms with Crippen molar-refractivity contribution < 1.29 is 9.90 Å². The Morgan fingerprint density at radius 2 is 2.43 bits per heavy atom. The summed E-state index contributed by atoms with van der Waals surface area (Å²) in [6.07, 6.45) is 4.71. The maximum absolute atomic E-state index is 10.5. The second-order valence-corrected chi connectivity index (χ2v) is 4.72. The van der Waals surface area contributed by atoms with Crippen LogP contribution >= 0.6 is 27.5 Å². The van der Waals surface area contributed by atoms with Crippen LogP contribution in [0.4, 0.5) is 0 Å². The van der Waals surface area contributed by atoms with Crippen LogP contribution in [-0.4, -0.2) is 22.5 Å². The summed E-state index contributed by atoms with van der Waals surface area (Å²) < 4.78 is 1.02. The number of hydrogen-bond donors (Lipinski definition) is 2. The SMILES string of the molecule is N[C@@H](CC1=CC=C(Br)CC1Cl)C(=O)O. The standard InChI is InChI=1S/C9H11BrClNO2/c10-6-2-1-5(7(11)4-6)3-8(12)9(13)14/h1-2,7-8H,3-4,12H2,(H,13,14)/t7?,8-/m0/s1. The number of alkyl halides is 1. The van der Waals surface area contributed by atoms with Gasteiger partial charge in [-0.05, 0) is 22.9 Å². The molecule has 0 aromatic heterocycles. The smallest absolute Gasteiger partial charge is 0.320 e. The molecule has 14 heavy (non-hydrogen) atoms. The number of carbonyl (C=O) groups is 1. The minimum absolute atomic E-state index is 0.153. The van der Waals surface area contributed by atoms with Crippen molar-refractivity contribution in [3.8, 4) is 0 Å². The van der Waals surface area contributed by atoms with Crippen molar-refractivity contribution in [2.45, 2.75) is 24.3 Å². The molecule has 0 fully saturated rings. The molecule has 0 radical (unpaired) electrons. The molecule has 0 amide bonds. The van der Waals surface area contributed by atoms with Gasteiger partial charge in [0.05, 0.1) is 5.38 Å². The van der Waals surface area contributed by atoms with Gasteiger partial charge in [-0.15, -0.1) is 11.6 Å². The zero-order valence-electron chi connectivity index (χ0n) is 7.41. The summed E-state index contributed by atoms with van der Waals surface area (Å²) in [4.78, 5) is 10.5. The molecule has 0 saturated heterocycles. The fraction of sp³-hybridized carbons (Fsp3) is 0.444. The monoisotopic (exact) mass is 279 g/mol. The Hall–Kier alpha value is -0.320. The summed E-state index contributed by atoms with van der Waals surface area (Å²) >= 11 is 9.37. The highest BCUT2D eigenvalue weighted by atomic mass is 79.9. The van der Waals surface area contributed by atoms with E-state index in [0.29, 0.717) is 12.8 Å². The summed E-state index contributed by atoms with van der Waals surface area (Å²) in [5.41, 5.74) is 6.29. The van der Waals surface area contributed by atoms with E-state index in [2.05, 4.69) is 15.9 Å². The zero-order chi connectivity index (χ0) is 10.7. The van der Waals surface area contributed by atoms with Gasteiger partial charge in [-0.2, -0.15) is 0 Å². The molecule has 1 aliphatic carbocycles. The topological polar surface area (TPSA) is 63.3 Å². The van der Waals surface area contributed by atoms with Crippen molar-refractivity contribution in [1.82, 2.24) is 0 Å². The highest BCUT2D eigenvalue weighted by molar-refractivity contribution is 9.11. The maximum Gasteiger partial charge on any atom is 0.320 e. The van der Waals surface area contributed by atoms with Crippen molar-refractivity contribution in [3.05, 3.63) is 22.2 Å². The molecule has 0 bridgehead atoms. The van der Waals surface area contributed by atoms with Gasteiger partial charge in [0, 0.05) is 0 Å². The summed E-state index contributed by atoms with van der Waals surface area (Å²) in [6.45, 7) is 0. The molecule has 1 rings (SSSR count). The molecular weight excluding hydrogens is 269 g/mol. The summed E-state index contributed by atoms with van der Waals surface area (Å²) in [5.74, 6) is -0.997. The van der Waals surface area contributed by atoms with Gasteiger partial charge < -0.3 is 10.8 Å². The Morgan fingerprint density at radius 3 is 2.93 bits per heavy atom. The highest BCUT2D eigenvalue weighted by Crippen LogP contribution is 2.29. The number of nitrogens with two attached hydrogens (primary N) is 1. The van der Waals surface area contributed by atoms with Gasteiger partial charge in [0.2, 0.25) is 0 Å². The summed E-state index contributed by atoms with van der Waals surface area (Å²) in [7, 11) is 0. The first-order chi connectivity index (χ1) is 6.50. The molecule has 3 N–H and O–H groups in total. The highest BCUT2D eigenvalue weighted by Gasteiger charge is 2.21. The molecule has 0 saturated carbocycles. The lowest BCUT2D eigenvalue weighted by Crippen LogP contribution is -2.31. The number of aliphatic carboxylic acids is 1. The lowest BCUT2D eigenvalue weighted by Gasteiger charge is -2.18. The van der Waals surface area contributed by atoms with Gasteiger partial charge in [-0.1, -0.05) is 28.1 Å². The second-order valence-electron chi connectivity index (χ2n) is 3.18. The van der Waals surface area contributed by atoms with E-state index in [1.165, 1.54) is 0 Å². The number of carboxylic acids is 1. The maximum atomic E-state index is 10.5. The van der Waals surface area contributed by atoms with Crippen molar-refractivity contribution in [2.75, 3.05) is 0 Å². The lowest BCUT2D eigenvalue weighted by molar-refractivity contribution is -0.138. The summed E-state index contributed by atoms with van der Waals surface area (Å²) in [5, 5.41) is 8.48. The molecular formula is C9H11BrClNO2. The van der Waals surface area contributed by atoms with Crippen LogP contribution in [0.1, 0.15) is 12.8 Å². The lowest BCUT2D eigenvalue weighted by atomic mass is 9.98. The fourth-order valence-electron chi connectivity index (χ4n) is 1.21. The molecule has 0 aliphatic heterocycles. The number of carboxylic acid groups (broad SMARTS) is 1. The third-order valence-electron chi connectivity index (χ3n) is 2.03. The van der Waals surface area contributed by atoms with Crippen molar-refractivity contribution in [2.24, 2.45) is 5.73 Å². The van der Waals surface area contributed by atoms with Gasteiger partial charge in [0.15, 0.2) is 0 Å². The number of hydrogen-bond acceptors (Lipinski definition) is 2. The molecule has 78 valence electrons. The average molecular weight is 281 g/mol. The molecule has 3 nitrogen and oxygen atoms in total. The minimum atomic E-state index is -0.997. The molecule has 5 heteroatoms. The van der Waals surface area contributed by atoms with E-state index < -0.39 is 12.0 Å². The largest absolute Gasteiger partial charge is 0.480 e. The number of allylic oxidation sites excluding steroid dienone is 3. The Labute approximate surface area is 95.7 Å². The molecule has 2 atom stereocenters. The summed E-state index contributed by atoms with van der Waals surface area (Å²) in [6, 6.07) is -0.868. The quantitative estimate of drug-likeness (QED) is 0.777. The van der Waals surface area contributed by atoms with Crippen LogP contribution in [0.5, 0.6) is 0 Å². The van der Waals surface area contributed by atoms with Gasteiger partial charge in [-0.25, -0.2) is 0 Å². The molecule has 1 aliphatic rings. The van der Waals surface area contributed by atoms with Crippen LogP contribution in [0.25, 0.3) is 0 Å². The van der Waals surface area contributed by atoms with Crippen LogP contribution in [-0.2, 0) is 4.79 Å². The molecule has 0 aromatic rings. The van der Waals surface area contributed by atoms with Crippen LogP contribution in [0.15, 0.2) is 22.2 Å². The van der Waals surface area contributed by atoms with Crippen molar-refractivity contribution in [1.29, 1.82) is 0 Å². The van der Waals surface area contributed by atoms with E-state index in [1.807, 2.05) is 12.2 Å². The van der Waals surface area contributed by atoms with Crippen LogP contribution in [0.3, 0.4) is 0 Å². The predicted octanol–water partition coefficient (Wildman–Crippen LogP) is 2.00. The van der Waals surface area contributed by atoms with Crippen LogP contribution < -0.4 is 5.73 Å². The minimum Gasteiger partial charge on any atom is -0.480 e. The Bertz CT molecular complexity index is 301. The van der Waals surface area contributed by atoms with E-state index in [1.54, 1.807) is 0 Å². The molecule has 0 heterocycles. The first kappa shape index (κ1) is 11.8. The average Bonchev–Trinajstić information content (AvgIpc) is 2.09. The van der Waals surface area contributed by atoms with E-state index in [9.17, 15) is 4.79 Å². The molecule has 0 spiro atoms. The Morgan fingerprint density at radius 1 is 1.79 bits per heavy atom. The predicted molar refractivity (Wildman–Crippen MR) is 59.6 cm³/mol.